The predicted molar refractivity (Wildman–Crippen MR) is 179 cm³/mol. The van der Waals surface area contributed by atoms with Crippen LogP contribution in [-0.2, 0) is 43.2 Å². The zero-order chi connectivity index (χ0) is 33.5. The van der Waals surface area contributed by atoms with E-state index in [2.05, 4.69) is 31.3 Å². The van der Waals surface area contributed by atoms with Gasteiger partial charge in [-0.05, 0) is 53.8 Å². The number of H-pyrrole nitrogens is 2. The number of hydrogen-bond donors (Lipinski definition) is 3. The molecule has 7 rings (SSSR count). The molecule has 0 radical (unpaired) electrons. The minimum absolute atomic E-state index is 0.00540. The van der Waals surface area contributed by atoms with Gasteiger partial charge in [0.2, 0.25) is 0 Å². The molecule has 12 nitrogen and oxygen atoms in total. The van der Waals surface area contributed by atoms with Gasteiger partial charge in [-0.25, -0.2) is 14.8 Å². The first-order valence-corrected chi connectivity index (χ1v) is 16.2. The molecular formula is C36H40N6O6. The Bertz CT molecular complexity index is 1860. The fraction of sp³-hybridized carbons (Fsp3) is 0.361. The molecule has 1 aromatic carbocycles. The van der Waals surface area contributed by atoms with E-state index in [0.717, 1.165) is 47.2 Å². The van der Waals surface area contributed by atoms with Gasteiger partial charge in [0.05, 0.1) is 6.54 Å². The standard InChI is InChI=1S/C22H23N3O4.C14H17N3O2/c1-15(26)29-19-11-18(10-17-12-24-21-20(17)8-5-9-23-21)25(13-19)22(27)28-14-16-6-3-2-4-7-16;1-9(18)19-12-6-11(16-8-12)5-10-7-17-14-13(10)3-2-4-15-14/h2-9,12,18-19H,10-11,13-14H2,1H3,(H,23,24);2-4,7,11-12,16H,5-6,8H2,1H3,(H,15,17)/t18-,19+;11-,12+/m11/s1. The van der Waals surface area contributed by atoms with Crippen LogP contribution in [0.4, 0.5) is 4.79 Å². The molecule has 250 valence electrons. The van der Waals surface area contributed by atoms with Gasteiger partial charge in [-0.2, -0.15) is 0 Å². The number of pyridine rings is 2. The normalized spacial score (nSPS) is 20.3. The van der Waals surface area contributed by atoms with Crippen molar-refractivity contribution in [1.82, 2.24) is 30.2 Å². The minimum atomic E-state index is -0.397. The molecule has 1 amide bonds. The van der Waals surface area contributed by atoms with Crippen molar-refractivity contribution in [3.05, 3.63) is 96.1 Å². The maximum Gasteiger partial charge on any atom is 0.410 e. The Kier molecular flexibility index (Phi) is 10.3. The van der Waals surface area contributed by atoms with Crippen LogP contribution in [0.25, 0.3) is 22.1 Å². The van der Waals surface area contributed by atoms with Crippen molar-refractivity contribution in [1.29, 1.82) is 0 Å². The second kappa shape index (κ2) is 15.1. The van der Waals surface area contributed by atoms with Crippen molar-refractivity contribution < 1.29 is 28.6 Å². The van der Waals surface area contributed by atoms with Gasteiger partial charge in [0.25, 0.3) is 0 Å². The van der Waals surface area contributed by atoms with Crippen LogP contribution in [0.5, 0.6) is 0 Å². The molecule has 0 spiro atoms. The summed E-state index contributed by atoms with van der Waals surface area (Å²) < 4.78 is 16.1. The number of nitrogens with zero attached hydrogens (tertiary/aromatic N) is 3. The van der Waals surface area contributed by atoms with Gasteiger partial charge < -0.3 is 34.4 Å². The number of fused-ring (bicyclic) bond motifs is 2. The Morgan fingerprint density at radius 1 is 0.792 bits per heavy atom. The van der Waals surface area contributed by atoms with Crippen molar-refractivity contribution in [2.45, 2.75) is 70.4 Å². The van der Waals surface area contributed by atoms with E-state index < -0.39 is 6.09 Å². The molecule has 48 heavy (non-hydrogen) atoms. The number of ether oxygens (including phenoxy) is 3. The highest BCUT2D eigenvalue weighted by Gasteiger charge is 2.38. The molecule has 2 fully saturated rings. The molecule has 5 aromatic rings. The summed E-state index contributed by atoms with van der Waals surface area (Å²) in [6, 6.07) is 17.7. The van der Waals surface area contributed by atoms with E-state index >= 15 is 0 Å². The Balaban J connectivity index is 0.000000182. The van der Waals surface area contributed by atoms with E-state index in [0.29, 0.717) is 25.4 Å². The first kappa shape index (κ1) is 32.7. The van der Waals surface area contributed by atoms with Crippen molar-refractivity contribution in [3.8, 4) is 0 Å². The number of aromatic amines is 2. The monoisotopic (exact) mass is 652 g/mol. The van der Waals surface area contributed by atoms with Gasteiger partial charge in [-0.15, -0.1) is 0 Å². The summed E-state index contributed by atoms with van der Waals surface area (Å²) in [6.07, 6.45) is 9.73. The lowest BCUT2D eigenvalue weighted by molar-refractivity contribution is -0.146. The summed E-state index contributed by atoms with van der Waals surface area (Å²) >= 11 is 0. The van der Waals surface area contributed by atoms with E-state index in [1.807, 2.05) is 60.9 Å². The van der Waals surface area contributed by atoms with Gasteiger partial charge >= 0.3 is 18.0 Å². The van der Waals surface area contributed by atoms with E-state index in [1.54, 1.807) is 17.3 Å². The fourth-order valence-corrected chi connectivity index (χ4v) is 6.56. The lowest BCUT2D eigenvalue weighted by atomic mass is 10.0. The third-order valence-corrected chi connectivity index (χ3v) is 8.66. The summed E-state index contributed by atoms with van der Waals surface area (Å²) in [5.74, 6) is -0.548. The molecule has 6 heterocycles. The third kappa shape index (κ3) is 8.18. The molecule has 2 aliphatic rings. The van der Waals surface area contributed by atoms with E-state index in [1.165, 1.54) is 24.8 Å². The fourth-order valence-electron chi connectivity index (χ4n) is 6.56. The number of carbonyl (C=O) groups is 3. The van der Waals surface area contributed by atoms with Gasteiger partial charge in [0, 0.05) is 80.9 Å². The molecule has 2 saturated heterocycles. The maximum atomic E-state index is 12.8. The number of likely N-dealkylation sites (tertiary alicyclic amines) is 1. The van der Waals surface area contributed by atoms with Crippen LogP contribution in [0, 0.1) is 0 Å². The van der Waals surface area contributed by atoms with Gasteiger partial charge in [-0.3, -0.25) is 9.59 Å². The lowest BCUT2D eigenvalue weighted by Crippen LogP contribution is -2.37. The minimum Gasteiger partial charge on any atom is -0.461 e. The van der Waals surface area contributed by atoms with Crippen molar-refractivity contribution in [3.63, 3.8) is 0 Å². The average Bonchev–Trinajstić information content (AvgIpc) is 3.88. The second-order valence-electron chi connectivity index (χ2n) is 12.2. The smallest absolute Gasteiger partial charge is 0.410 e. The number of aromatic nitrogens is 4. The van der Waals surface area contributed by atoms with Gasteiger partial charge in [0.1, 0.15) is 30.1 Å². The topological polar surface area (TPSA) is 152 Å². The number of rotatable bonds is 8. The van der Waals surface area contributed by atoms with E-state index in [9.17, 15) is 14.4 Å². The van der Waals surface area contributed by atoms with Crippen LogP contribution in [0.2, 0.25) is 0 Å². The van der Waals surface area contributed by atoms with E-state index in [4.69, 9.17) is 14.2 Å². The van der Waals surface area contributed by atoms with Crippen LogP contribution < -0.4 is 5.32 Å². The Hall–Kier alpha value is -5.23. The Morgan fingerprint density at radius 2 is 1.42 bits per heavy atom. The molecular weight excluding hydrogens is 612 g/mol. The molecule has 4 aromatic heterocycles. The van der Waals surface area contributed by atoms with Crippen LogP contribution in [0.3, 0.4) is 0 Å². The van der Waals surface area contributed by atoms with Crippen molar-refractivity contribution in [2.75, 3.05) is 13.1 Å². The van der Waals surface area contributed by atoms with Gasteiger partial charge in [-0.1, -0.05) is 30.3 Å². The number of benzene rings is 1. The summed E-state index contributed by atoms with van der Waals surface area (Å²) in [4.78, 5) is 51.8. The summed E-state index contributed by atoms with van der Waals surface area (Å²) in [7, 11) is 0. The molecule has 4 atom stereocenters. The number of nitrogens with one attached hydrogen (secondary N) is 3. The highest BCUT2D eigenvalue weighted by atomic mass is 16.6. The SMILES string of the molecule is CC(=O)O[C@@H]1CN[C@H](Cc2c[nH]c3ncccc23)C1.CC(=O)O[C@H]1C[C@@H](Cc2c[nH]c3ncccc23)N(C(=O)OCc2ccccc2)C1. The number of esters is 2. The highest BCUT2D eigenvalue weighted by Crippen LogP contribution is 2.28. The lowest BCUT2D eigenvalue weighted by Gasteiger charge is -2.23. The predicted octanol–water partition coefficient (Wildman–Crippen LogP) is 4.85. The zero-order valence-corrected chi connectivity index (χ0v) is 27.1. The molecule has 12 heteroatoms. The van der Waals surface area contributed by atoms with E-state index in [-0.39, 0.29) is 36.8 Å². The third-order valence-electron chi connectivity index (χ3n) is 8.66. The Morgan fingerprint density at radius 3 is 2.06 bits per heavy atom. The number of hydrogen-bond acceptors (Lipinski definition) is 9. The number of carbonyl (C=O) groups excluding carboxylic acids is 3. The molecule has 0 saturated carbocycles. The number of amides is 1. The first-order valence-electron chi connectivity index (χ1n) is 16.2. The first-order chi connectivity index (χ1) is 23.3. The van der Waals surface area contributed by atoms with Crippen molar-refractivity contribution in [2.24, 2.45) is 0 Å². The van der Waals surface area contributed by atoms with Crippen molar-refractivity contribution >= 4 is 40.1 Å². The summed E-state index contributed by atoms with van der Waals surface area (Å²) in [5, 5.41) is 5.60. The average molecular weight is 653 g/mol. The quantitative estimate of drug-likeness (QED) is 0.158. The molecule has 0 unspecified atom stereocenters. The second-order valence-corrected chi connectivity index (χ2v) is 12.2. The van der Waals surface area contributed by atoms with Crippen LogP contribution in [-0.4, -0.2) is 80.2 Å². The van der Waals surface area contributed by atoms with Crippen LogP contribution >= 0.6 is 0 Å². The van der Waals surface area contributed by atoms with Gasteiger partial charge in [0.15, 0.2) is 0 Å². The van der Waals surface area contributed by atoms with Crippen LogP contribution in [0.15, 0.2) is 79.4 Å². The molecule has 2 aliphatic heterocycles. The maximum absolute atomic E-state index is 12.8. The Labute approximate surface area is 278 Å². The summed E-state index contributed by atoms with van der Waals surface area (Å²) in [5.41, 5.74) is 4.99. The highest BCUT2D eigenvalue weighted by molar-refractivity contribution is 5.80. The zero-order valence-electron chi connectivity index (χ0n) is 27.1. The molecule has 0 aliphatic carbocycles. The van der Waals surface area contributed by atoms with Crippen LogP contribution in [0.1, 0.15) is 43.4 Å². The molecule has 3 N–H and O–H groups in total. The largest absolute Gasteiger partial charge is 0.461 e. The summed E-state index contributed by atoms with van der Waals surface area (Å²) in [6.45, 7) is 4.12. The molecule has 0 bridgehead atoms.